The van der Waals surface area contributed by atoms with Crippen molar-refractivity contribution in [2.45, 2.75) is 26.5 Å². The first kappa shape index (κ1) is 30.6. The van der Waals surface area contributed by atoms with Gasteiger partial charge in [-0.25, -0.2) is 9.79 Å². The molecule has 222 valence electrons. The highest BCUT2D eigenvalue weighted by Crippen LogP contribution is 2.32. The topological polar surface area (TPSA) is 82.4 Å². The third-order valence-electron chi connectivity index (χ3n) is 7.05. The van der Waals surface area contributed by atoms with Gasteiger partial charge in [-0.15, -0.1) is 0 Å². The Morgan fingerprint density at radius 1 is 1.09 bits per heavy atom. The van der Waals surface area contributed by atoms with E-state index in [0.717, 1.165) is 31.7 Å². The number of carbonyl (C=O) groups excluding carboxylic acids is 1. The molecule has 5 rings (SSSR count). The molecule has 0 saturated carbocycles. The fraction of sp³-hybridized carbons (Fsp3) is 0.242. The molecule has 0 aliphatic carbocycles. The molecule has 10 heteroatoms. The van der Waals surface area contributed by atoms with Crippen molar-refractivity contribution in [3.8, 4) is 11.5 Å². The molecule has 4 aromatic rings. The van der Waals surface area contributed by atoms with E-state index < -0.39 is 12.0 Å². The molecule has 0 amide bonds. The third-order valence-corrected chi connectivity index (χ3v) is 8.75. The van der Waals surface area contributed by atoms with E-state index in [1.807, 2.05) is 91.8 Å². The molecule has 0 radical (unpaired) electrons. The summed E-state index contributed by atoms with van der Waals surface area (Å²) in [5, 5.41) is 0. The molecule has 3 aromatic carbocycles. The van der Waals surface area contributed by atoms with Crippen LogP contribution < -0.4 is 29.3 Å². The predicted octanol–water partition coefficient (Wildman–Crippen LogP) is 5.06. The summed E-state index contributed by atoms with van der Waals surface area (Å²) < 4.78 is 20.2. The van der Waals surface area contributed by atoms with Crippen molar-refractivity contribution < 1.29 is 19.0 Å². The number of thiazole rings is 1. The van der Waals surface area contributed by atoms with E-state index >= 15 is 0 Å². The Bertz CT molecular complexity index is 1860. The van der Waals surface area contributed by atoms with Crippen molar-refractivity contribution in [3.05, 3.63) is 118 Å². The quantitative estimate of drug-likeness (QED) is 0.179. The van der Waals surface area contributed by atoms with Gasteiger partial charge in [0.15, 0.2) is 4.80 Å². The van der Waals surface area contributed by atoms with Crippen LogP contribution in [0.3, 0.4) is 0 Å². The Kier molecular flexibility index (Phi) is 9.36. The monoisotopic (exact) mass is 709 g/mol. The predicted molar refractivity (Wildman–Crippen MR) is 178 cm³/mol. The Labute approximate surface area is 267 Å². The summed E-state index contributed by atoms with van der Waals surface area (Å²) in [6, 6.07) is 20.7. The van der Waals surface area contributed by atoms with E-state index in [1.165, 1.54) is 11.3 Å². The van der Waals surface area contributed by atoms with Gasteiger partial charge in [0, 0.05) is 28.9 Å². The molecule has 0 N–H and O–H groups in total. The lowest BCUT2D eigenvalue weighted by molar-refractivity contribution is -0.139. The zero-order valence-corrected chi connectivity index (χ0v) is 27.6. The van der Waals surface area contributed by atoms with Crippen LogP contribution in [0.4, 0.5) is 5.69 Å². The second-order valence-electron chi connectivity index (χ2n) is 10.1. The molecule has 1 aliphatic heterocycles. The summed E-state index contributed by atoms with van der Waals surface area (Å²) in [5.74, 6) is 0.972. The van der Waals surface area contributed by atoms with Gasteiger partial charge in [0.25, 0.3) is 5.56 Å². The maximum Gasteiger partial charge on any atom is 0.338 e. The van der Waals surface area contributed by atoms with Crippen LogP contribution in [0.25, 0.3) is 6.08 Å². The first-order valence-corrected chi connectivity index (χ1v) is 15.6. The summed E-state index contributed by atoms with van der Waals surface area (Å²) in [4.78, 5) is 34.4. The van der Waals surface area contributed by atoms with Crippen LogP contribution in [0, 0.1) is 3.57 Å². The summed E-state index contributed by atoms with van der Waals surface area (Å²) in [6.45, 7) is 4.07. The Morgan fingerprint density at radius 2 is 1.81 bits per heavy atom. The van der Waals surface area contributed by atoms with Crippen LogP contribution in [-0.2, 0) is 16.1 Å². The minimum Gasteiger partial charge on any atom is -0.496 e. The lowest BCUT2D eigenvalue weighted by Crippen LogP contribution is -2.39. The number of benzene rings is 3. The number of nitrogens with zero attached hydrogens (tertiary/aromatic N) is 3. The highest BCUT2D eigenvalue weighted by atomic mass is 127. The molecule has 8 nitrogen and oxygen atoms in total. The van der Waals surface area contributed by atoms with Gasteiger partial charge in [-0.2, -0.15) is 0 Å². The van der Waals surface area contributed by atoms with E-state index in [2.05, 4.69) is 27.6 Å². The van der Waals surface area contributed by atoms with Gasteiger partial charge in [0.1, 0.15) is 18.1 Å². The summed E-state index contributed by atoms with van der Waals surface area (Å²) in [6.07, 6.45) is 1.84. The van der Waals surface area contributed by atoms with Crippen LogP contribution in [0.5, 0.6) is 11.5 Å². The first-order valence-electron chi connectivity index (χ1n) is 13.7. The maximum atomic E-state index is 14.0. The fourth-order valence-electron chi connectivity index (χ4n) is 4.91. The van der Waals surface area contributed by atoms with E-state index in [4.69, 9.17) is 14.2 Å². The molecule has 1 aliphatic rings. The summed E-state index contributed by atoms with van der Waals surface area (Å²) in [7, 11) is 5.55. The normalized spacial score (nSPS) is 14.7. The number of halogens is 1. The molecule has 1 aromatic heterocycles. The molecule has 0 saturated heterocycles. The molecule has 2 heterocycles. The molecule has 43 heavy (non-hydrogen) atoms. The second-order valence-corrected chi connectivity index (χ2v) is 12.4. The number of hydrogen-bond acceptors (Lipinski definition) is 8. The first-order chi connectivity index (χ1) is 20.7. The number of methoxy groups -OCH3 is 1. The molecule has 0 unspecified atom stereocenters. The van der Waals surface area contributed by atoms with Crippen LogP contribution in [0.2, 0.25) is 0 Å². The van der Waals surface area contributed by atoms with E-state index in [9.17, 15) is 9.59 Å². The zero-order valence-electron chi connectivity index (χ0n) is 24.6. The number of ether oxygens (including phenoxy) is 3. The van der Waals surface area contributed by atoms with Crippen molar-refractivity contribution >= 4 is 51.7 Å². The number of anilines is 1. The Hall–Kier alpha value is -3.90. The van der Waals surface area contributed by atoms with Gasteiger partial charge >= 0.3 is 5.97 Å². The van der Waals surface area contributed by atoms with Crippen molar-refractivity contribution in [2.75, 3.05) is 32.7 Å². The zero-order chi connectivity index (χ0) is 30.7. The average Bonchev–Trinajstić information content (AvgIpc) is 3.30. The van der Waals surface area contributed by atoms with Crippen LogP contribution in [0.1, 0.15) is 36.6 Å². The molecule has 0 fully saturated rings. The minimum absolute atomic E-state index is 0.222. The molecule has 1 atom stereocenters. The number of carbonyl (C=O) groups is 1. The lowest BCUT2D eigenvalue weighted by Gasteiger charge is -2.25. The van der Waals surface area contributed by atoms with Gasteiger partial charge in [0.05, 0.1) is 35.6 Å². The van der Waals surface area contributed by atoms with Gasteiger partial charge in [-0.05, 0) is 102 Å². The molecular formula is C33H32IN3O5S. The summed E-state index contributed by atoms with van der Waals surface area (Å²) >= 11 is 3.55. The number of aromatic nitrogens is 1. The molecule has 0 spiro atoms. The van der Waals surface area contributed by atoms with Crippen molar-refractivity contribution in [3.63, 3.8) is 0 Å². The minimum atomic E-state index is -0.664. The molecule has 0 bridgehead atoms. The van der Waals surface area contributed by atoms with Crippen LogP contribution >= 0.6 is 33.9 Å². The Morgan fingerprint density at radius 3 is 2.47 bits per heavy atom. The molecular weight excluding hydrogens is 677 g/mol. The lowest BCUT2D eigenvalue weighted by atomic mass is 9.95. The van der Waals surface area contributed by atoms with Gasteiger partial charge in [0.2, 0.25) is 0 Å². The van der Waals surface area contributed by atoms with Gasteiger partial charge in [-0.3, -0.25) is 9.36 Å². The fourth-order valence-corrected chi connectivity index (χ4v) is 6.31. The highest BCUT2D eigenvalue weighted by molar-refractivity contribution is 14.1. The van der Waals surface area contributed by atoms with Crippen molar-refractivity contribution in [2.24, 2.45) is 4.99 Å². The van der Waals surface area contributed by atoms with Crippen LogP contribution in [0.15, 0.2) is 87.8 Å². The largest absolute Gasteiger partial charge is 0.496 e. The number of fused-ring (bicyclic) bond motifs is 1. The smallest absolute Gasteiger partial charge is 0.338 e. The van der Waals surface area contributed by atoms with E-state index in [0.29, 0.717) is 33.0 Å². The van der Waals surface area contributed by atoms with E-state index in [-0.39, 0.29) is 12.2 Å². The SMILES string of the molecule is CCOC(=O)C1=C(C)N=c2sc(=Cc3ccc(OC)c(COc4ccc(I)cc4)c3)c(=O)n2[C@H]1c1ccc(N(C)C)cc1. The van der Waals surface area contributed by atoms with Crippen molar-refractivity contribution in [1.82, 2.24) is 4.57 Å². The third kappa shape index (κ3) is 6.54. The average molecular weight is 710 g/mol. The number of allylic oxidation sites excluding steroid dienone is 1. The Balaban J connectivity index is 1.57. The van der Waals surface area contributed by atoms with Gasteiger partial charge in [-0.1, -0.05) is 29.5 Å². The van der Waals surface area contributed by atoms with Crippen molar-refractivity contribution in [1.29, 1.82) is 0 Å². The van der Waals surface area contributed by atoms with E-state index in [1.54, 1.807) is 25.5 Å². The van der Waals surface area contributed by atoms with Crippen LogP contribution in [-0.4, -0.2) is 38.3 Å². The maximum absolute atomic E-state index is 14.0. The van der Waals surface area contributed by atoms with Gasteiger partial charge < -0.3 is 19.1 Å². The highest BCUT2D eigenvalue weighted by Gasteiger charge is 2.33. The number of rotatable bonds is 9. The number of esters is 1. The second kappa shape index (κ2) is 13.2. The number of hydrogen-bond donors (Lipinski definition) is 0. The summed E-state index contributed by atoms with van der Waals surface area (Å²) in [5.41, 5.74) is 4.14. The standard InChI is InChI=1S/C33H32IN3O5S/c1-6-41-32(39)29-20(2)35-33-37(30(29)22-8-12-25(13-9-22)36(3)4)31(38)28(43-33)18-21-7-16-27(40-5)23(17-21)19-42-26-14-10-24(34)11-15-26/h7-18,30H,6,19H2,1-5H3/t30-/m0/s1.